The number of aromatic nitrogens is 5. The van der Waals surface area contributed by atoms with Crippen LogP contribution in [0.2, 0.25) is 0 Å². The molecule has 2 aromatic heterocycles. The molecule has 2 heterocycles. The number of thioether (sulfide) groups is 1. The second kappa shape index (κ2) is 10.0. The maximum absolute atomic E-state index is 13.0. The van der Waals surface area contributed by atoms with Crippen molar-refractivity contribution < 1.29 is 9.53 Å². The number of carbonyl (C=O) groups is 1. The Hall–Kier alpha value is -3.79. The summed E-state index contributed by atoms with van der Waals surface area (Å²) < 4.78 is 10.5. The van der Waals surface area contributed by atoms with Crippen LogP contribution in [0.1, 0.15) is 12.6 Å². The molecule has 34 heavy (non-hydrogen) atoms. The van der Waals surface area contributed by atoms with Crippen molar-refractivity contribution in [3.05, 3.63) is 70.6 Å². The number of para-hydroxylation sites is 1. The van der Waals surface area contributed by atoms with Crippen molar-refractivity contribution in [1.29, 1.82) is 0 Å². The highest BCUT2D eigenvalue weighted by Gasteiger charge is 2.19. The Morgan fingerprint density at radius 3 is 2.59 bits per heavy atom. The minimum absolute atomic E-state index is 0.0926. The van der Waals surface area contributed by atoms with Crippen molar-refractivity contribution >= 4 is 23.4 Å². The number of hydrogen-bond donors (Lipinski definition) is 1. The Kier molecular flexibility index (Phi) is 6.87. The van der Waals surface area contributed by atoms with Crippen molar-refractivity contribution in [2.45, 2.75) is 25.5 Å². The van der Waals surface area contributed by atoms with Gasteiger partial charge in [0.1, 0.15) is 11.4 Å². The van der Waals surface area contributed by atoms with E-state index in [1.54, 1.807) is 25.8 Å². The smallest absolute Gasteiger partial charge is 0.295 e. The normalized spacial score (nSPS) is 10.9. The van der Waals surface area contributed by atoms with Gasteiger partial charge in [-0.15, -0.1) is 10.2 Å². The van der Waals surface area contributed by atoms with Gasteiger partial charge in [0.2, 0.25) is 5.91 Å². The summed E-state index contributed by atoms with van der Waals surface area (Å²) >= 11 is 1.27. The van der Waals surface area contributed by atoms with Crippen LogP contribution in [0.3, 0.4) is 0 Å². The van der Waals surface area contributed by atoms with Crippen LogP contribution in [0.15, 0.2) is 64.5 Å². The number of benzene rings is 2. The number of nitrogens with one attached hydrogen (secondary N) is 1. The van der Waals surface area contributed by atoms with Crippen molar-refractivity contribution in [3.8, 4) is 22.8 Å². The highest BCUT2D eigenvalue weighted by molar-refractivity contribution is 7.99. The third kappa shape index (κ3) is 4.49. The van der Waals surface area contributed by atoms with E-state index in [0.29, 0.717) is 23.2 Å². The third-order valence-corrected chi connectivity index (χ3v) is 6.48. The molecular formula is C24H26N6O3S. The minimum atomic E-state index is -0.287. The molecule has 0 fully saturated rings. The van der Waals surface area contributed by atoms with Gasteiger partial charge in [-0.25, -0.2) is 4.68 Å². The summed E-state index contributed by atoms with van der Waals surface area (Å²) in [7, 11) is 3.41. The molecule has 0 radical (unpaired) electrons. The van der Waals surface area contributed by atoms with Gasteiger partial charge in [-0.3, -0.25) is 14.3 Å². The molecule has 10 heteroatoms. The van der Waals surface area contributed by atoms with E-state index in [1.807, 2.05) is 66.1 Å². The number of methoxy groups -OCH3 is 1. The largest absolute Gasteiger partial charge is 0.497 e. The lowest BCUT2D eigenvalue weighted by molar-refractivity contribution is -0.113. The average molecular weight is 479 g/mol. The zero-order valence-corrected chi connectivity index (χ0v) is 20.3. The van der Waals surface area contributed by atoms with Gasteiger partial charge in [0.05, 0.1) is 24.2 Å². The topological polar surface area (TPSA) is 96.0 Å². The molecule has 0 aliphatic heterocycles. The van der Waals surface area contributed by atoms with Crippen molar-refractivity contribution in [2.24, 2.45) is 7.05 Å². The Bertz CT molecular complexity index is 1370. The summed E-state index contributed by atoms with van der Waals surface area (Å²) in [5.74, 6) is 1.24. The monoisotopic (exact) mass is 478 g/mol. The Morgan fingerprint density at radius 2 is 1.88 bits per heavy atom. The summed E-state index contributed by atoms with van der Waals surface area (Å²) in [6, 6.07) is 16.9. The second-order valence-electron chi connectivity index (χ2n) is 7.56. The number of hydrogen-bond acceptors (Lipinski definition) is 6. The fourth-order valence-corrected chi connectivity index (χ4v) is 4.48. The van der Waals surface area contributed by atoms with Gasteiger partial charge in [-0.1, -0.05) is 42.1 Å². The first-order valence-corrected chi connectivity index (χ1v) is 11.8. The molecule has 0 atom stereocenters. The molecule has 2 aromatic carbocycles. The first kappa shape index (κ1) is 23.4. The summed E-state index contributed by atoms with van der Waals surface area (Å²) in [6.45, 7) is 4.44. The summed E-state index contributed by atoms with van der Waals surface area (Å²) in [6.07, 6.45) is 0. The Balaban J connectivity index is 1.50. The fraction of sp³-hybridized carbons (Fsp3) is 0.250. The number of amides is 1. The first-order valence-electron chi connectivity index (χ1n) is 10.8. The summed E-state index contributed by atoms with van der Waals surface area (Å²) in [4.78, 5) is 25.8. The zero-order chi connectivity index (χ0) is 24.2. The van der Waals surface area contributed by atoms with Crippen molar-refractivity contribution in [3.63, 3.8) is 0 Å². The number of ether oxygens (including phenoxy) is 1. The van der Waals surface area contributed by atoms with Crippen LogP contribution in [-0.2, 0) is 18.4 Å². The van der Waals surface area contributed by atoms with Gasteiger partial charge in [-0.2, -0.15) is 0 Å². The lowest BCUT2D eigenvalue weighted by Gasteiger charge is -2.08. The predicted molar refractivity (Wildman–Crippen MR) is 133 cm³/mol. The average Bonchev–Trinajstić information content (AvgIpc) is 3.37. The van der Waals surface area contributed by atoms with Gasteiger partial charge < -0.3 is 14.6 Å². The van der Waals surface area contributed by atoms with Gasteiger partial charge in [0, 0.05) is 19.2 Å². The molecule has 1 amide bonds. The predicted octanol–water partition coefficient (Wildman–Crippen LogP) is 3.50. The first-order chi connectivity index (χ1) is 16.4. The van der Waals surface area contributed by atoms with E-state index in [-0.39, 0.29) is 22.9 Å². The molecular weight excluding hydrogens is 452 g/mol. The number of rotatable bonds is 8. The summed E-state index contributed by atoms with van der Waals surface area (Å²) in [5, 5.41) is 12.0. The molecule has 0 saturated carbocycles. The van der Waals surface area contributed by atoms with Crippen LogP contribution in [0, 0.1) is 6.92 Å². The van der Waals surface area contributed by atoms with E-state index in [0.717, 1.165) is 17.0 Å². The third-order valence-electron chi connectivity index (χ3n) is 5.51. The molecule has 0 aliphatic carbocycles. The van der Waals surface area contributed by atoms with E-state index in [2.05, 4.69) is 15.5 Å². The molecule has 9 nitrogen and oxygen atoms in total. The van der Waals surface area contributed by atoms with E-state index < -0.39 is 0 Å². The van der Waals surface area contributed by atoms with Crippen LogP contribution in [0.5, 0.6) is 5.75 Å². The maximum atomic E-state index is 13.0. The van der Waals surface area contributed by atoms with Crippen LogP contribution in [0.25, 0.3) is 17.1 Å². The SMILES string of the molecule is CCn1c(SCC(=O)Nc2c(C)n(C)n(-c3ccccc3)c2=O)nnc1-c1cccc(OC)c1. The maximum Gasteiger partial charge on any atom is 0.295 e. The van der Waals surface area contributed by atoms with Crippen LogP contribution >= 0.6 is 11.8 Å². The van der Waals surface area contributed by atoms with E-state index >= 15 is 0 Å². The van der Waals surface area contributed by atoms with Crippen molar-refractivity contribution in [1.82, 2.24) is 24.1 Å². The molecule has 0 bridgehead atoms. The van der Waals surface area contributed by atoms with E-state index in [1.165, 1.54) is 16.4 Å². The van der Waals surface area contributed by atoms with E-state index in [4.69, 9.17) is 4.74 Å². The van der Waals surface area contributed by atoms with Gasteiger partial charge in [0.25, 0.3) is 5.56 Å². The molecule has 4 rings (SSSR count). The summed E-state index contributed by atoms with van der Waals surface area (Å²) in [5.41, 5.74) is 2.28. The van der Waals surface area contributed by atoms with Crippen LogP contribution < -0.4 is 15.6 Å². The molecule has 1 N–H and O–H groups in total. The molecule has 0 unspecified atom stereocenters. The minimum Gasteiger partial charge on any atom is -0.497 e. The van der Waals surface area contributed by atoms with Gasteiger partial charge >= 0.3 is 0 Å². The fourth-order valence-electron chi connectivity index (χ4n) is 3.67. The van der Waals surface area contributed by atoms with Gasteiger partial charge in [0.15, 0.2) is 11.0 Å². The number of anilines is 1. The lowest BCUT2D eigenvalue weighted by atomic mass is 10.2. The molecule has 176 valence electrons. The highest BCUT2D eigenvalue weighted by Crippen LogP contribution is 2.26. The molecule has 0 spiro atoms. The molecule has 0 saturated heterocycles. The van der Waals surface area contributed by atoms with Crippen molar-refractivity contribution in [2.75, 3.05) is 18.2 Å². The number of carbonyl (C=O) groups excluding carboxylic acids is 1. The zero-order valence-electron chi connectivity index (χ0n) is 19.5. The number of nitrogens with zero attached hydrogens (tertiary/aromatic N) is 5. The van der Waals surface area contributed by atoms with Crippen LogP contribution in [0.4, 0.5) is 5.69 Å². The highest BCUT2D eigenvalue weighted by atomic mass is 32.2. The van der Waals surface area contributed by atoms with E-state index in [9.17, 15) is 9.59 Å². The quantitative estimate of drug-likeness (QED) is 0.390. The van der Waals surface area contributed by atoms with Crippen LogP contribution in [-0.4, -0.2) is 42.9 Å². The lowest BCUT2D eigenvalue weighted by Crippen LogP contribution is -2.23. The van der Waals surface area contributed by atoms with Gasteiger partial charge in [-0.05, 0) is 38.1 Å². The Labute approximate surface area is 201 Å². The molecule has 0 aliphatic rings. The second-order valence-corrected chi connectivity index (χ2v) is 8.50. The molecule has 4 aromatic rings. The standard InChI is InChI=1S/C24H26N6O3S/c1-5-29-22(17-10-9-13-19(14-17)33-4)26-27-24(29)34-15-20(31)25-21-16(2)28(3)30(23(21)32)18-11-7-6-8-12-18/h6-14H,5,15H2,1-4H3,(H,25,31). The Morgan fingerprint density at radius 1 is 1.12 bits per heavy atom.